The molecule has 0 fully saturated rings. The molecule has 2 aromatic heterocycles. The van der Waals surface area contributed by atoms with Crippen LogP contribution in [-0.4, -0.2) is 25.0 Å². The molecule has 1 atom stereocenters. The van der Waals surface area contributed by atoms with E-state index in [2.05, 4.69) is 19.9 Å². The number of carbonyl (C=O) groups excluding carboxylic acids is 1. The van der Waals surface area contributed by atoms with Gasteiger partial charge in [-0.2, -0.15) is 4.98 Å². The summed E-state index contributed by atoms with van der Waals surface area (Å²) in [5, 5.41) is 3.13. The lowest BCUT2D eigenvalue weighted by molar-refractivity contribution is -0.122. The number of nitrogens with zero attached hydrogens (tertiary/aromatic N) is 4. The van der Waals surface area contributed by atoms with Gasteiger partial charge in [-0.1, -0.05) is 30.3 Å². The molecule has 0 saturated heterocycles. The Morgan fingerprint density at radius 1 is 1.14 bits per heavy atom. The zero-order chi connectivity index (χ0) is 20.8. The molecule has 0 unspecified atom stereocenters. The van der Waals surface area contributed by atoms with Crippen LogP contribution in [0.1, 0.15) is 41.7 Å². The van der Waals surface area contributed by atoms with E-state index < -0.39 is 0 Å². The zero-order valence-electron chi connectivity index (χ0n) is 17.1. The Morgan fingerprint density at radius 2 is 1.90 bits per heavy atom. The molecule has 0 spiro atoms. The van der Waals surface area contributed by atoms with Crippen molar-refractivity contribution in [2.75, 3.05) is 0 Å². The van der Waals surface area contributed by atoms with E-state index in [0.717, 1.165) is 30.0 Å². The van der Waals surface area contributed by atoms with Crippen LogP contribution in [-0.2, 0) is 17.9 Å². The van der Waals surface area contributed by atoms with Crippen molar-refractivity contribution < 1.29 is 4.79 Å². The van der Waals surface area contributed by atoms with Crippen LogP contribution in [0.4, 0.5) is 0 Å². The maximum absolute atomic E-state index is 12.7. The van der Waals surface area contributed by atoms with Gasteiger partial charge < -0.3 is 9.88 Å². The van der Waals surface area contributed by atoms with E-state index >= 15 is 0 Å². The topological polar surface area (TPSA) is 81.8 Å². The van der Waals surface area contributed by atoms with Gasteiger partial charge in [-0.05, 0) is 38.8 Å². The Bertz CT molecular complexity index is 1020. The molecule has 152 valence electrons. The number of rotatable bonds is 8. The average Bonchev–Trinajstić information content (AvgIpc) is 3.09. The van der Waals surface area contributed by atoms with Crippen molar-refractivity contribution in [1.82, 2.24) is 24.4 Å². The van der Waals surface area contributed by atoms with E-state index in [1.54, 1.807) is 17.7 Å². The Kier molecular flexibility index (Phi) is 6.59. The molecule has 1 aromatic carbocycles. The normalized spacial score (nSPS) is 12.0. The van der Waals surface area contributed by atoms with Gasteiger partial charge in [0.05, 0.1) is 6.04 Å². The van der Waals surface area contributed by atoms with Crippen LogP contribution in [0.25, 0.3) is 0 Å². The summed E-state index contributed by atoms with van der Waals surface area (Å²) in [5.74, 6) is 0.859. The molecular weight excluding hydrogens is 366 g/mol. The van der Waals surface area contributed by atoms with Crippen molar-refractivity contribution in [2.45, 2.75) is 52.7 Å². The molecule has 1 N–H and O–H groups in total. The van der Waals surface area contributed by atoms with E-state index in [9.17, 15) is 9.59 Å². The fraction of sp³-hybridized carbons (Fsp3) is 0.364. The first kappa shape index (κ1) is 20.5. The Balaban J connectivity index is 1.66. The van der Waals surface area contributed by atoms with Crippen LogP contribution in [0.15, 0.2) is 53.6 Å². The summed E-state index contributed by atoms with van der Waals surface area (Å²) in [5.41, 5.74) is 2.24. The SMILES string of the molecule is Cc1cc(C)n(CCC(=O)N[C@H](CCn2ccnc2C)c2ccccc2)c(=O)n1. The molecule has 0 aliphatic rings. The molecule has 2 heterocycles. The Labute approximate surface area is 170 Å². The fourth-order valence-corrected chi connectivity index (χ4v) is 3.44. The molecule has 0 saturated carbocycles. The smallest absolute Gasteiger partial charge is 0.347 e. The van der Waals surface area contributed by atoms with Gasteiger partial charge in [0.1, 0.15) is 5.82 Å². The summed E-state index contributed by atoms with van der Waals surface area (Å²) in [6.07, 6.45) is 4.69. The summed E-state index contributed by atoms with van der Waals surface area (Å²) in [6, 6.07) is 11.7. The van der Waals surface area contributed by atoms with Crippen molar-refractivity contribution in [3.63, 3.8) is 0 Å². The van der Waals surface area contributed by atoms with Gasteiger partial charge in [-0.15, -0.1) is 0 Å². The number of carbonyl (C=O) groups is 1. The molecule has 3 aromatic rings. The number of nitrogens with one attached hydrogen (secondary N) is 1. The fourth-order valence-electron chi connectivity index (χ4n) is 3.44. The standard InChI is InChI=1S/C22H27N5O2/c1-16-15-17(2)27(22(29)24-16)13-10-21(28)25-20(19-7-5-4-6-8-19)9-12-26-14-11-23-18(26)3/h4-8,11,14-15,20H,9-10,12-13H2,1-3H3,(H,25,28)/t20-/m1/s1. The van der Waals surface area contributed by atoms with E-state index in [4.69, 9.17) is 0 Å². The number of aryl methyl sites for hydroxylation is 4. The highest BCUT2D eigenvalue weighted by molar-refractivity contribution is 5.76. The van der Waals surface area contributed by atoms with Gasteiger partial charge in [0.15, 0.2) is 0 Å². The van der Waals surface area contributed by atoms with Gasteiger partial charge in [0, 0.05) is 43.3 Å². The van der Waals surface area contributed by atoms with Gasteiger partial charge in [-0.3, -0.25) is 9.36 Å². The summed E-state index contributed by atoms with van der Waals surface area (Å²) >= 11 is 0. The van der Waals surface area contributed by atoms with Gasteiger partial charge >= 0.3 is 5.69 Å². The molecule has 3 rings (SSSR count). The molecule has 7 nitrogen and oxygen atoms in total. The minimum atomic E-state index is -0.314. The summed E-state index contributed by atoms with van der Waals surface area (Å²) in [7, 11) is 0. The Hall–Kier alpha value is -3.22. The van der Waals surface area contributed by atoms with Crippen LogP contribution < -0.4 is 11.0 Å². The summed E-state index contributed by atoms with van der Waals surface area (Å²) in [6.45, 7) is 6.68. The number of aromatic nitrogens is 4. The van der Waals surface area contributed by atoms with Crippen LogP contribution in [0.5, 0.6) is 0 Å². The highest BCUT2D eigenvalue weighted by Gasteiger charge is 2.15. The minimum absolute atomic E-state index is 0.0897. The highest BCUT2D eigenvalue weighted by atomic mass is 16.2. The van der Waals surface area contributed by atoms with Gasteiger partial charge in [0.2, 0.25) is 5.91 Å². The number of benzene rings is 1. The van der Waals surface area contributed by atoms with Crippen molar-refractivity contribution in [2.24, 2.45) is 0 Å². The first-order chi connectivity index (χ1) is 13.9. The maximum atomic E-state index is 12.7. The van der Waals surface area contributed by atoms with Crippen molar-refractivity contribution in [1.29, 1.82) is 0 Å². The molecule has 7 heteroatoms. The average molecular weight is 393 g/mol. The second-order valence-corrected chi connectivity index (χ2v) is 7.21. The predicted molar refractivity (Wildman–Crippen MR) is 111 cm³/mol. The third kappa shape index (κ3) is 5.40. The summed E-state index contributed by atoms with van der Waals surface area (Å²) in [4.78, 5) is 33.0. The van der Waals surface area contributed by atoms with E-state index in [1.807, 2.05) is 56.4 Å². The van der Waals surface area contributed by atoms with Crippen LogP contribution in [0.2, 0.25) is 0 Å². The van der Waals surface area contributed by atoms with Crippen LogP contribution in [0, 0.1) is 20.8 Å². The Morgan fingerprint density at radius 3 is 2.55 bits per heavy atom. The molecule has 1 amide bonds. The summed E-state index contributed by atoms with van der Waals surface area (Å²) < 4.78 is 3.61. The van der Waals surface area contributed by atoms with Gasteiger partial charge in [-0.25, -0.2) is 9.78 Å². The lowest BCUT2D eigenvalue weighted by Crippen LogP contribution is -2.32. The van der Waals surface area contributed by atoms with E-state index in [1.165, 1.54) is 0 Å². The second kappa shape index (κ2) is 9.32. The maximum Gasteiger partial charge on any atom is 0.347 e. The van der Waals surface area contributed by atoms with Crippen LogP contribution in [0.3, 0.4) is 0 Å². The molecule has 0 aliphatic heterocycles. The largest absolute Gasteiger partial charge is 0.349 e. The monoisotopic (exact) mass is 393 g/mol. The van der Waals surface area contributed by atoms with Gasteiger partial charge in [0.25, 0.3) is 0 Å². The number of amides is 1. The number of imidazole rings is 1. The highest BCUT2D eigenvalue weighted by Crippen LogP contribution is 2.18. The molecule has 0 bridgehead atoms. The van der Waals surface area contributed by atoms with E-state index in [-0.39, 0.29) is 24.1 Å². The first-order valence-corrected chi connectivity index (χ1v) is 9.81. The molecule has 0 radical (unpaired) electrons. The molecule has 0 aliphatic carbocycles. The lowest BCUT2D eigenvalue weighted by Gasteiger charge is -2.20. The quantitative estimate of drug-likeness (QED) is 0.638. The van der Waals surface area contributed by atoms with Crippen LogP contribution >= 0.6 is 0 Å². The van der Waals surface area contributed by atoms with E-state index in [0.29, 0.717) is 12.2 Å². The third-order valence-electron chi connectivity index (χ3n) is 5.03. The lowest BCUT2D eigenvalue weighted by atomic mass is 10.0. The van der Waals surface area contributed by atoms with Crippen molar-refractivity contribution in [3.05, 3.63) is 82.1 Å². The van der Waals surface area contributed by atoms with Crippen molar-refractivity contribution in [3.8, 4) is 0 Å². The second-order valence-electron chi connectivity index (χ2n) is 7.21. The zero-order valence-corrected chi connectivity index (χ0v) is 17.1. The number of hydrogen-bond donors (Lipinski definition) is 1. The van der Waals surface area contributed by atoms with Crippen molar-refractivity contribution >= 4 is 5.91 Å². The molecule has 29 heavy (non-hydrogen) atoms. The minimum Gasteiger partial charge on any atom is -0.349 e. The molecular formula is C22H27N5O2. The number of hydrogen-bond acceptors (Lipinski definition) is 4. The predicted octanol–water partition coefficient (Wildman–Crippen LogP) is 2.70. The third-order valence-corrected chi connectivity index (χ3v) is 5.03. The first-order valence-electron chi connectivity index (χ1n) is 9.81.